The first-order valence-corrected chi connectivity index (χ1v) is 10.2. The van der Waals surface area contributed by atoms with Crippen LogP contribution in [0.4, 0.5) is 13.6 Å². The Kier molecular flexibility index (Phi) is 5.58. The minimum absolute atomic E-state index is 0.0426. The van der Waals surface area contributed by atoms with Crippen molar-refractivity contribution >= 4 is 18.0 Å². The molecule has 0 aliphatic heterocycles. The van der Waals surface area contributed by atoms with Crippen molar-refractivity contribution in [2.75, 3.05) is 13.2 Å². The predicted molar refractivity (Wildman–Crippen MR) is 110 cm³/mol. The summed E-state index contributed by atoms with van der Waals surface area (Å²) in [5.74, 6) is -8.95. The molecule has 2 aromatic carbocycles. The summed E-state index contributed by atoms with van der Waals surface area (Å²) in [7, 11) is 0. The molecule has 2 aromatic rings. The second-order valence-electron chi connectivity index (χ2n) is 8.03. The molecular formula is C23H22F2N2O5. The predicted octanol–water partition coefficient (Wildman–Crippen LogP) is 3.00. The van der Waals surface area contributed by atoms with Crippen molar-refractivity contribution in [2.24, 2.45) is 11.8 Å². The van der Waals surface area contributed by atoms with Gasteiger partial charge < -0.3 is 20.5 Å². The van der Waals surface area contributed by atoms with E-state index in [2.05, 4.69) is 5.32 Å². The molecule has 4 rings (SSSR count). The van der Waals surface area contributed by atoms with Gasteiger partial charge in [0.25, 0.3) is 5.92 Å². The van der Waals surface area contributed by atoms with Gasteiger partial charge in [0.05, 0.1) is 5.92 Å². The maximum atomic E-state index is 14.0. The van der Waals surface area contributed by atoms with E-state index in [0.717, 1.165) is 22.3 Å². The number of aliphatic carboxylic acids is 1. The summed E-state index contributed by atoms with van der Waals surface area (Å²) in [6.45, 7) is 0.773. The zero-order chi connectivity index (χ0) is 23.0. The van der Waals surface area contributed by atoms with Gasteiger partial charge in [-0.2, -0.15) is 0 Å². The average Bonchev–Trinajstić information content (AvgIpc) is 3.17. The number of benzene rings is 2. The fourth-order valence-electron chi connectivity index (χ4n) is 4.21. The van der Waals surface area contributed by atoms with Crippen molar-refractivity contribution in [3.63, 3.8) is 0 Å². The topological polar surface area (TPSA) is 105 Å². The Hall–Kier alpha value is -3.49. The first-order chi connectivity index (χ1) is 15.2. The van der Waals surface area contributed by atoms with Crippen LogP contribution in [0.25, 0.3) is 11.1 Å². The number of carbonyl (C=O) groups is 3. The normalized spacial score (nSPS) is 21.1. The molecule has 0 heterocycles. The molecule has 2 amide bonds. The Labute approximate surface area is 182 Å². The van der Waals surface area contributed by atoms with Crippen LogP contribution in [0.2, 0.25) is 0 Å². The third-order valence-corrected chi connectivity index (χ3v) is 6.02. The van der Waals surface area contributed by atoms with Gasteiger partial charge >= 0.3 is 12.1 Å². The quantitative estimate of drug-likeness (QED) is 0.609. The van der Waals surface area contributed by atoms with Crippen molar-refractivity contribution in [1.82, 2.24) is 10.6 Å². The molecule has 0 aromatic heterocycles. The van der Waals surface area contributed by atoms with Crippen molar-refractivity contribution in [3.05, 3.63) is 59.7 Å². The Balaban J connectivity index is 1.32. The van der Waals surface area contributed by atoms with Gasteiger partial charge in [0.15, 0.2) is 0 Å². The molecule has 1 saturated carbocycles. The van der Waals surface area contributed by atoms with Crippen molar-refractivity contribution in [2.45, 2.75) is 24.8 Å². The Morgan fingerprint density at radius 3 is 2.19 bits per heavy atom. The fourth-order valence-corrected chi connectivity index (χ4v) is 4.21. The summed E-state index contributed by atoms with van der Waals surface area (Å²) in [6, 6.07) is 14.3. The number of alkyl halides is 2. The number of hydrogen-bond acceptors (Lipinski definition) is 4. The summed E-state index contributed by atoms with van der Waals surface area (Å²) < 4.78 is 33.3. The lowest BCUT2D eigenvalue weighted by Gasteiger charge is -2.14. The minimum atomic E-state index is -3.32. The van der Waals surface area contributed by atoms with E-state index in [1.165, 1.54) is 6.92 Å². The van der Waals surface area contributed by atoms with Gasteiger partial charge in [-0.05, 0) is 29.2 Å². The first-order valence-electron chi connectivity index (χ1n) is 10.2. The summed E-state index contributed by atoms with van der Waals surface area (Å²) in [6.07, 6.45) is -0.854. The van der Waals surface area contributed by atoms with Crippen molar-refractivity contribution in [1.29, 1.82) is 0 Å². The number of carboxylic acid groups (broad SMARTS) is 1. The van der Waals surface area contributed by atoms with Crippen LogP contribution < -0.4 is 10.6 Å². The number of carboxylic acids is 1. The molecule has 32 heavy (non-hydrogen) atoms. The van der Waals surface area contributed by atoms with Crippen LogP contribution in [-0.2, 0) is 14.3 Å². The van der Waals surface area contributed by atoms with E-state index in [1.54, 1.807) is 0 Å². The maximum absolute atomic E-state index is 14.0. The van der Waals surface area contributed by atoms with Crippen LogP contribution in [0.15, 0.2) is 48.5 Å². The van der Waals surface area contributed by atoms with E-state index in [0.29, 0.717) is 0 Å². The molecule has 168 valence electrons. The lowest BCUT2D eigenvalue weighted by atomic mass is 9.98. The van der Waals surface area contributed by atoms with Gasteiger partial charge in [-0.3, -0.25) is 9.59 Å². The third-order valence-electron chi connectivity index (χ3n) is 6.02. The summed E-state index contributed by atoms with van der Waals surface area (Å²) in [5.41, 5.74) is 4.19. The first kappa shape index (κ1) is 21.7. The monoisotopic (exact) mass is 444 g/mol. The van der Waals surface area contributed by atoms with Crippen LogP contribution in [0.1, 0.15) is 24.0 Å². The van der Waals surface area contributed by atoms with Crippen LogP contribution in [-0.4, -0.2) is 48.2 Å². The number of nitrogens with one attached hydrogen (secondary N) is 2. The molecule has 0 radical (unpaired) electrons. The minimum Gasteiger partial charge on any atom is -0.480 e. The van der Waals surface area contributed by atoms with Gasteiger partial charge in [0.1, 0.15) is 18.6 Å². The lowest BCUT2D eigenvalue weighted by Crippen LogP contribution is -2.40. The Morgan fingerprint density at radius 1 is 1.06 bits per heavy atom. The molecule has 7 nitrogen and oxygen atoms in total. The number of alkyl carbamates (subject to hydrolysis) is 1. The maximum Gasteiger partial charge on any atom is 0.407 e. The highest BCUT2D eigenvalue weighted by atomic mass is 19.3. The summed E-state index contributed by atoms with van der Waals surface area (Å²) in [4.78, 5) is 34.9. The van der Waals surface area contributed by atoms with Gasteiger partial charge in [-0.1, -0.05) is 48.5 Å². The second kappa shape index (κ2) is 8.22. The van der Waals surface area contributed by atoms with E-state index in [9.17, 15) is 23.2 Å². The highest BCUT2D eigenvalue weighted by Gasteiger charge is 2.71. The number of fused-ring (bicyclic) bond motifs is 3. The van der Waals surface area contributed by atoms with E-state index < -0.39 is 48.3 Å². The summed E-state index contributed by atoms with van der Waals surface area (Å²) in [5, 5.41) is 13.1. The third kappa shape index (κ3) is 3.90. The second-order valence-corrected chi connectivity index (χ2v) is 8.03. The largest absolute Gasteiger partial charge is 0.480 e. The number of carbonyl (C=O) groups excluding carboxylic acids is 2. The number of halogens is 2. The smallest absolute Gasteiger partial charge is 0.407 e. The lowest BCUT2D eigenvalue weighted by molar-refractivity contribution is -0.141. The molecular weight excluding hydrogens is 422 g/mol. The highest BCUT2D eigenvalue weighted by molar-refractivity contribution is 5.88. The Bertz CT molecular complexity index is 1030. The van der Waals surface area contributed by atoms with Crippen molar-refractivity contribution < 1.29 is 33.0 Å². The average molecular weight is 444 g/mol. The number of rotatable bonds is 7. The molecule has 0 bridgehead atoms. The molecule has 0 spiro atoms. The highest BCUT2D eigenvalue weighted by Crippen LogP contribution is 2.55. The van der Waals surface area contributed by atoms with E-state index in [-0.39, 0.29) is 12.5 Å². The zero-order valence-electron chi connectivity index (χ0n) is 17.2. The zero-order valence-corrected chi connectivity index (χ0v) is 17.2. The van der Waals surface area contributed by atoms with Gasteiger partial charge in [-0.15, -0.1) is 0 Å². The van der Waals surface area contributed by atoms with Crippen molar-refractivity contribution in [3.8, 4) is 11.1 Å². The fraction of sp³-hybridized carbons (Fsp3) is 0.348. The van der Waals surface area contributed by atoms with E-state index in [1.807, 2.05) is 53.8 Å². The molecule has 2 unspecified atom stereocenters. The number of hydrogen-bond donors (Lipinski definition) is 3. The molecule has 2 aliphatic carbocycles. The standard InChI is InChI=1S/C23H22F2N2O5/c1-12(21(29)30)27-20(28)19-18(23(19,24)25)10-26-22(31)32-11-17-15-8-4-2-6-13(15)14-7-3-5-9-16(14)17/h2-9,12,17-19H,10-11H2,1H3,(H,26,31)(H,27,28)(H,29,30)/t12-,18?,19?/m0/s1. The molecule has 0 saturated heterocycles. The number of ether oxygens (including phenoxy) is 1. The SMILES string of the molecule is C[C@H](NC(=O)C1C(CNC(=O)OCC2c3ccccc3-c3ccccc32)C1(F)F)C(=O)O. The van der Waals surface area contributed by atoms with Gasteiger partial charge in [0.2, 0.25) is 5.91 Å². The molecule has 3 N–H and O–H groups in total. The van der Waals surface area contributed by atoms with E-state index >= 15 is 0 Å². The van der Waals surface area contributed by atoms with E-state index in [4.69, 9.17) is 9.84 Å². The molecule has 1 fully saturated rings. The molecule has 3 atom stereocenters. The molecule has 2 aliphatic rings. The van der Waals surface area contributed by atoms with Crippen LogP contribution in [0.5, 0.6) is 0 Å². The van der Waals surface area contributed by atoms with Gasteiger partial charge in [0, 0.05) is 12.5 Å². The summed E-state index contributed by atoms with van der Waals surface area (Å²) >= 11 is 0. The molecule has 9 heteroatoms. The van der Waals surface area contributed by atoms with Crippen LogP contribution >= 0.6 is 0 Å². The van der Waals surface area contributed by atoms with Gasteiger partial charge in [-0.25, -0.2) is 13.6 Å². The van der Waals surface area contributed by atoms with Crippen LogP contribution in [0.3, 0.4) is 0 Å². The number of amides is 2. The van der Waals surface area contributed by atoms with Crippen LogP contribution in [0, 0.1) is 11.8 Å². The Morgan fingerprint density at radius 2 is 1.62 bits per heavy atom.